The molecule has 2 rings (SSSR count). The molecule has 0 aliphatic carbocycles. The van der Waals surface area contributed by atoms with Gasteiger partial charge in [-0.1, -0.05) is 13.8 Å². The Morgan fingerprint density at radius 3 is 2.74 bits per heavy atom. The zero-order valence-corrected chi connectivity index (χ0v) is 13.3. The SMILES string of the molecule is CCN(CC)[C@@H]1CCN(C(=O)Nc2cnn(CC(F)(F)F)c2)C1. The average Bonchev–Trinajstić information content (AvgIpc) is 3.08. The molecular weight excluding hydrogens is 311 g/mol. The Labute approximate surface area is 133 Å². The van der Waals surface area contributed by atoms with E-state index in [1.165, 1.54) is 12.4 Å². The molecule has 0 bridgehead atoms. The largest absolute Gasteiger partial charge is 0.408 e. The summed E-state index contributed by atoms with van der Waals surface area (Å²) in [5.41, 5.74) is 0.269. The van der Waals surface area contributed by atoms with Crippen molar-refractivity contribution in [3.8, 4) is 0 Å². The minimum atomic E-state index is -4.33. The summed E-state index contributed by atoms with van der Waals surface area (Å²) in [7, 11) is 0. The number of hydrogen-bond acceptors (Lipinski definition) is 3. The van der Waals surface area contributed by atoms with Gasteiger partial charge in [-0.25, -0.2) is 4.79 Å². The third-order valence-electron chi connectivity index (χ3n) is 4.01. The van der Waals surface area contributed by atoms with Crippen LogP contribution in [0.1, 0.15) is 20.3 Å². The van der Waals surface area contributed by atoms with Crippen LogP contribution in [-0.4, -0.2) is 64.0 Å². The van der Waals surface area contributed by atoms with Gasteiger partial charge in [0.15, 0.2) is 0 Å². The lowest BCUT2D eigenvalue weighted by Crippen LogP contribution is -2.39. The van der Waals surface area contributed by atoms with E-state index >= 15 is 0 Å². The molecule has 1 aromatic heterocycles. The Balaban J connectivity index is 1.88. The summed E-state index contributed by atoms with van der Waals surface area (Å²) in [6, 6.07) is 0.0370. The molecule has 1 saturated heterocycles. The van der Waals surface area contributed by atoms with Crippen molar-refractivity contribution in [3.05, 3.63) is 12.4 Å². The number of hydrogen-bond donors (Lipinski definition) is 1. The first kappa shape index (κ1) is 17.6. The van der Waals surface area contributed by atoms with Gasteiger partial charge in [0.1, 0.15) is 6.54 Å². The van der Waals surface area contributed by atoms with E-state index in [2.05, 4.69) is 29.2 Å². The predicted octanol–water partition coefficient (Wildman–Crippen LogP) is 2.39. The van der Waals surface area contributed by atoms with E-state index < -0.39 is 12.7 Å². The lowest BCUT2D eigenvalue weighted by atomic mass is 10.2. The third kappa shape index (κ3) is 4.85. The van der Waals surface area contributed by atoms with Gasteiger partial charge >= 0.3 is 12.2 Å². The Morgan fingerprint density at radius 1 is 1.43 bits per heavy atom. The highest BCUT2D eigenvalue weighted by Gasteiger charge is 2.30. The number of rotatable bonds is 5. The first-order valence-corrected chi connectivity index (χ1v) is 7.71. The predicted molar refractivity (Wildman–Crippen MR) is 80.2 cm³/mol. The Hall–Kier alpha value is -1.77. The van der Waals surface area contributed by atoms with Crippen molar-refractivity contribution >= 4 is 11.7 Å². The summed E-state index contributed by atoms with van der Waals surface area (Å²) < 4.78 is 37.6. The molecule has 1 N–H and O–H groups in total. The lowest BCUT2D eigenvalue weighted by molar-refractivity contribution is -0.142. The number of amides is 2. The van der Waals surface area contributed by atoms with Crippen LogP contribution in [0.25, 0.3) is 0 Å². The van der Waals surface area contributed by atoms with Gasteiger partial charge in [-0.2, -0.15) is 18.3 Å². The van der Waals surface area contributed by atoms with Gasteiger partial charge < -0.3 is 10.2 Å². The molecule has 0 spiro atoms. The number of nitrogens with one attached hydrogen (secondary N) is 1. The second kappa shape index (κ2) is 7.20. The Morgan fingerprint density at radius 2 is 2.13 bits per heavy atom. The first-order chi connectivity index (χ1) is 10.8. The van der Waals surface area contributed by atoms with E-state index in [0.717, 1.165) is 24.2 Å². The Kier molecular flexibility index (Phi) is 5.51. The molecule has 2 amide bonds. The van der Waals surface area contributed by atoms with Crippen LogP contribution in [0.5, 0.6) is 0 Å². The third-order valence-corrected chi connectivity index (χ3v) is 4.01. The molecule has 0 saturated carbocycles. The molecule has 130 valence electrons. The maximum absolute atomic E-state index is 12.3. The van der Waals surface area contributed by atoms with Gasteiger partial charge in [0, 0.05) is 25.3 Å². The van der Waals surface area contributed by atoms with Gasteiger partial charge in [0.2, 0.25) is 0 Å². The molecule has 1 aliphatic rings. The molecule has 23 heavy (non-hydrogen) atoms. The van der Waals surface area contributed by atoms with Gasteiger partial charge in [0.25, 0.3) is 0 Å². The normalized spacial score (nSPS) is 18.7. The summed E-state index contributed by atoms with van der Waals surface area (Å²) in [5.74, 6) is 0. The van der Waals surface area contributed by atoms with Crippen LogP contribution in [-0.2, 0) is 6.54 Å². The minimum Gasteiger partial charge on any atom is -0.323 e. The lowest BCUT2D eigenvalue weighted by Gasteiger charge is -2.26. The van der Waals surface area contributed by atoms with Crippen molar-refractivity contribution in [2.24, 2.45) is 0 Å². The van der Waals surface area contributed by atoms with Gasteiger partial charge in [0.05, 0.1) is 11.9 Å². The summed E-state index contributed by atoms with van der Waals surface area (Å²) in [6.07, 6.45) is -1.02. The van der Waals surface area contributed by atoms with Crippen LogP contribution in [0.2, 0.25) is 0 Å². The van der Waals surface area contributed by atoms with E-state index in [4.69, 9.17) is 0 Å². The quantitative estimate of drug-likeness (QED) is 0.900. The number of carbonyl (C=O) groups is 1. The van der Waals surface area contributed by atoms with E-state index in [9.17, 15) is 18.0 Å². The summed E-state index contributed by atoms with van der Waals surface area (Å²) in [4.78, 5) is 16.2. The van der Waals surface area contributed by atoms with Crippen LogP contribution < -0.4 is 5.32 Å². The van der Waals surface area contributed by atoms with Gasteiger partial charge in [-0.3, -0.25) is 9.58 Å². The molecule has 2 heterocycles. The van der Waals surface area contributed by atoms with Crippen molar-refractivity contribution in [1.82, 2.24) is 19.6 Å². The van der Waals surface area contributed by atoms with Crippen molar-refractivity contribution in [2.75, 3.05) is 31.5 Å². The number of likely N-dealkylation sites (N-methyl/N-ethyl adjacent to an activating group) is 1. The molecule has 9 heteroatoms. The number of urea groups is 1. The van der Waals surface area contributed by atoms with E-state index in [0.29, 0.717) is 19.1 Å². The number of carbonyl (C=O) groups excluding carboxylic acids is 1. The van der Waals surface area contributed by atoms with Crippen LogP contribution in [0.3, 0.4) is 0 Å². The molecule has 1 aliphatic heterocycles. The number of alkyl halides is 3. The van der Waals surface area contributed by atoms with E-state index in [1.807, 2.05) is 0 Å². The van der Waals surface area contributed by atoms with Crippen LogP contribution in [0.4, 0.5) is 23.7 Å². The van der Waals surface area contributed by atoms with Crippen molar-refractivity contribution < 1.29 is 18.0 Å². The summed E-state index contributed by atoms with van der Waals surface area (Å²) >= 11 is 0. The highest BCUT2D eigenvalue weighted by atomic mass is 19.4. The van der Waals surface area contributed by atoms with Gasteiger partial charge in [-0.15, -0.1) is 0 Å². The molecule has 0 unspecified atom stereocenters. The van der Waals surface area contributed by atoms with Crippen LogP contribution >= 0.6 is 0 Å². The maximum Gasteiger partial charge on any atom is 0.408 e. The molecular formula is C14H22F3N5O. The molecule has 6 nitrogen and oxygen atoms in total. The standard InChI is InChI=1S/C14H22F3N5O/c1-3-20(4-2)12-5-6-21(9-12)13(23)19-11-7-18-22(8-11)10-14(15,16)17/h7-8,12H,3-6,9-10H2,1-2H3,(H,19,23)/t12-/m1/s1. The Bertz CT molecular complexity index is 527. The highest BCUT2D eigenvalue weighted by molar-refractivity contribution is 5.89. The molecule has 1 fully saturated rings. The smallest absolute Gasteiger partial charge is 0.323 e. The summed E-state index contributed by atoms with van der Waals surface area (Å²) in [6.45, 7) is 6.13. The number of likely N-dealkylation sites (tertiary alicyclic amines) is 1. The second-order valence-electron chi connectivity index (χ2n) is 5.58. The number of nitrogens with zero attached hydrogens (tertiary/aromatic N) is 4. The highest BCUT2D eigenvalue weighted by Crippen LogP contribution is 2.19. The second-order valence-corrected chi connectivity index (χ2v) is 5.58. The molecule has 0 aromatic carbocycles. The number of aromatic nitrogens is 2. The van der Waals surface area contributed by atoms with E-state index in [-0.39, 0.29) is 11.7 Å². The fourth-order valence-electron chi connectivity index (χ4n) is 2.87. The molecule has 1 atom stereocenters. The van der Waals surface area contributed by atoms with E-state index in [1.54, 1.807) is 4.90 Å². The molecule has 0 radical (unpaired) electrons. The number of halogens is 3. The van der Waals surface area contributed by atoms with Crippen LogP contribution in [0.15, 0.2) is 12.4 Å². The summed E-state index contributed by atoms with van der Waals surface area (Å²) in [5, 5.41) is 6.21. The molecule has 1 aromatic rings. The first-order valence-electron chi connectivity index (χ1n) is 7.71. The fourth-order valence-corrected chi connectivity index (χ4v) is 2.87. The maximum atomic E-state index is 12.3. The topological polar surface area (TPSA) is 53.4 Å². The zero-order valence-electron chi connectivity index (χ0n) is 13.3. The zero-order chi connectivity index (χ0) is 17.0. The fraction of sp³-hybridized carbons (Fsp3) is 0.714. The minimum absolute atomic E-state index is 0.269. The monoisotopic (exact) mass is 333 g/mol. The number of anilines is 1. The van der Waals surface area contributed by atoms with Crippen molar-refractivity contribution in [1.29, 1.82) is 0 Å². The van der Waals surface area contributed by atoms with Crippen LogP contribution in [0, 0.1) is 0 Å². The van der Waals surface area contributed by atoms with Crippen molar-refractivity contribution in [2.45, 2.75) is 39.0 Å². The average molecular weight is 333 g/mol. The van der Waals surface area contributed by atoms with Gasteiger partial charge in [-0.05, 0) is 19.5 Å². The van der Waals surface area contributed by atoms with Crippen molar-refractivity contribution in [3.63, 3.8) is 0 Å².